The molecule has 0 saturated carbocycles. The first kappa shape index (κ1) is 13.0. The van der Waals surface area contributed by atoms with Gasteiger partial charge in [-0.05, 0) is 16.3 Å². The number of amides is 1. The zero-order valence-electron chi connectivity index (χ0n) is 10.2. The van der Waals surface area contributed by atoms with E-state index in [0.717, 1.165) is 16.3 Å². The summed E-state index contributed by atoms with van der Waals surface area (Å²) in [5, 5.41) is 13.3. The second kappa shape index (κ2) is 5.49. The first-order valence-electron chi connectivity index (χ1n) is 5.82. The molecular formula is C14H14N2O3. The highest BCUT2D eigenvalue weighted by Crippen LogP contribution is 2.18. The molecule has 1 unspecified atom stereocenters. The smallest absolute Gasteiger partial charge is 0.330 e. The minimum Gasteiger partial charge on any atom is -0.480 e. The molecule has 0 fully saturated rings. The molecule has 0 aliphatic heterocycles. The summed E-state index contributed by atoms with van der Waals surface area (Å²) < 4.78 is 0. The van der Waals surface area contributed by atoms with Crippen LogP contribution in [-0.4, -0.2) is 23.0 Å². The molecule has 2 aromatic carbocycles. The number of hydrogen-bond donors (Lipinski definition) is 3. The van der Waals surface area contributed by atoms with E-state index in [1.165, 1.54) is 0 Å². The Morgan fingerprint density at radius 3 is 2.58 bits per heavy atom. The number of fused-ring (bicyclic) bond motifs is 1. The van der Waals surface area contributed by atoms with Crippen LogP contribution in [0.15, 0.2) is 42.5 Å². The number of carboxylic acid groups (broad SMARTS) is 1. The van der Waals surface area contributed by atoms with Crippen LogP contribution >= 0.6 is 0 Å². The maximum atomic E-state index is 11.5. The molecule has 1 atom stereocenters. The number of hydrogen-bond acceptors (Lipinski definition) is 3. The van der Waals surface area contributed by atoms with Crippen LogP contribution in [0.5, 0.6) is 0 Å². The van der Waals surface area contributed by atoms with E-state index >= 15 is 0 Å². The predicted molar refractivity (Wildman–Crippen MR) is 71.4 cm³/mol. The SMILES string of the molecule is NC(C(=O)O)C(=O)NCc1cccc2ccccc12. The van der Waals surface area contributed by atoms with Crippen molar-refractivity contribution in [2.75, 3.05) is 0 Å². The molecule has 0 aliphatic rings. The van der Waals surface area contributed by atoms with Gasteiger partial charge in [-0.25, -0.2) is 4.79 Å². The van der Waals surface area contributed by atoms with Gasteiger partial charge in [-0.1, -0.05) is 42.5 Å². The second-order valence-electron chi connectivity index (χ2n) is 4.17. The van der Waals surface area contributed by atoms with Crippen molar-refractivity contribution < 1.29 is 14.7 Å². The number of carbonyl (C=O) groups is 2. The zero-order chi connectivity index (χ0) is 13.8. The number of aliphatic carboxylic acids is 1. The summed E-state index contributed by atoms with van der Waals surface area (Å²) >= 11 is 0. The lowest BCUT2D eigenvalue weighted by Gasteiger charge is -2.10. The summed E-state index contributed by atoms with van der Waals surface area (Å²) in [6, 6.07) is 12.0. The Morgan fingerprint density at radius 2 is 1.84 bits per heavy atom. The molecule has 0 aliphatic carbocycles. The molecule has 1 amide bonds. The van der Waals surface area contributed by atoms with E-state index in [4.69, 9.17) is 10.8 Å². The largest absolute Gasteiger partial charge is 0.480 e. The fourth-order valence-electron chi connectivity index (χ4n) is 1.85. The van der Waals surface area contributed by atoms with Crippen molar-refractivity contribution in [2.45, 2.75) is 12.6 Å². The van der Waals surface area contributed by atoms with Gasteiger partial charge < -0.3 is 16.2 Å². The Morgan fingerprint density at radius 1 is 1.16 bits per heavy atom. The van der Waals surface area contributed by atoms with Gasteiger partial charge in [0.05, 0.1) is 0 Å². The van der Waals surface area contributed by atoms with Gasteiger partial charge in [0.2, 0.25) is 5.91 Å². The number of nitrogens with one attached hydrogen (secondary N) is 1. The molecule has 0 aromatic heterocycles. The van der Waals surface area contributed by atoms with Gasteiger partial charge in [0.1, 0.15) is 0 Å². The van der Waals surface area contributed by atoms with Crippen molar-refractivity contribution in [3.05, 3.63) is 48.0 Å². The van der Waals surface area contributed by atoms with Crippen LogP contribution in [0.2, 0.25) is 0 Å². The van der Waals surface area contributed by atoms with Crippen LogP contribution in [-0.2, 0) is 16.1 Å². The van der Waals surface area contributed by atoms with Crippen molar-refractivity contribution in [3.8, 4) is 0 Å². The Kier molecular flexibility index (Phi) is 3.77. The fourth-order valence-corrected chi connectivity index (χ4v) is 1.85. The van der Waals surface area contributed by atoms with E-state index in [2.05, 4.69) is 5.32 Å². The Balaban J connectivity index is 2.14. The summed E-state index contributed by atoms with van der Waals surface area (Å²) in [6.45, 7) is 0.251. The van der Waals surface area contributed by atoms with Crippen LogP contribution in [0.3, 0.4) is 0 Å². The lowest BCUT2D eigenvalue weighted by Crippen LogP contribution is -2.45. The topological polar surface area (TPSA) is 92.4 Å². The molecule has 5 nitrogen and oxygen atoms in total. The lowest BCUT2D eigenvalue weighted by molar-refractivity contribution is -0.142. The van der Waals surface area contributed by atoms with E-state index < -0.39 is 17.9 Å². The number of carboxylic acids is 1. The standard InChI is InChI=1S/C14H14N2O3/c15-12(14(18)19)13(17)16-8-10-6-3-5-9-4-1-2-7-11(9)10/h1-7,12H,8,15H2,(H,16,17)(H,18,19). The maximum Gasteiger partial charge on any atom is 0.330 e. The van der Waals surface area contributed by atoms with Gasteiger partial charge >= 0.3 is 5.97 Å². The predicted octanol–water partition coefficient (Wildman–Crippen LogP) is 0.868. The van der Waals surface area contributed by atoms with E-state index in [-0.39, 0.29) is 6.54 Å². The molecule has 4 N–H and O–H groups in total. The average Bonchev–Trinajstić information content (AvgIpc) is 2.43. The van der Waals surface area contributed by atoms with Crippen LogP contribution in [0.1, 0.15) is 5.56 Å². The minimum absolute atomic E-state index is 0.251. The van der Waals surface area contributed by atoms with Crippen LogP contribution < -0.4 is 11.1 Å². The number of nitrogens with two attached hydrogens (primary N) is 1. The van der Waals surface area contributed by atoms with E-state index in [1.807, 2.05) is 42.5 Å². The highest BCUT2D eigenvalue weighted by molar-refractivity contribution is 6.00. The van der Waals surface area contributed by atoms with Gasteiger partial charge in [-0.2, -0.15) is 0 Å². The molecule has 2 aromatic rings. The van der Waals surface area contributed by atoms with E-state index in [0.29, 0.717) is 0 Å². The minimum atomic E-state index is -1.53. The number of carbonyl (C=O) groups excluding carboxylic acids is 1. The van der Waals surface area contributed by atoms with Crippen molar-refractivity contribution in [3.63, 3.8) is 0 Å². The van der Waals surface area contributed by atoms with Gasteiger partial charge in [0, 0.05) is 6.54 Å². The Hall–Kier alpha value is -2.40. The third kappa shape index (κ3) is 2.89. The average molecular weight is 258 g/mol. The summed E-state index contributed by atoms with van der Waals surface area (Å²) in [4.78, 5) is 22.1. The molecule has 5 heteroatoms. The van der Waals surface area contributed by atoms with Gasteiger partial charge in [-0.15, -0.1) is 0 Å². The van der Waals surface area contributed by atoms with Gasteiger partial charge in [0.25, 0.3) is 0 Å². The normalized spacial score (nSPS) is 12.1. The summed E-state index contributed by atoms with van der Waals surface area (Å²) in [5.41, 5.74) is 6.15. The molecule has 98 valence electrons. The van der Waals surface area contributed by atoms with Crippen molar-refractivity contribution in [1.29, 1.82) is 0 Å². The highest BCUT2D eigenvalue weighted by atomic mass is 16.4. The fraction of sp³-hybridized carbons (Fsp3) is 0.143. The monoisotopic (exact) mass is 258 g/mol. The van der Waals surface area contributed by atoms with Crippen LogP contribution in [0.25, 0.3) is 10.8 Å². The molecule has 19 heavy (non-hydrogen) atoms. The Labute approximate surface area is 110 Å². The quantitative estimate of drug-likeness (QED) is 0.709. The first-order chi connectivity index (χ1) is 9.09. The highest BCUT2D eigenvalue weighted by Gasteiger charge is 2.20. The van der Waals surface area contributed by atoms with Gasteiger partial charge in [-0.3, -0.25) is 4.79 Å². The van der Waals surface area contributed by atoms with Crippen LogP contribution in [0, 0.1) is 0 Å². The Bertz CT molecular complexity index is 620. The zero-order valence-corrected chi connectivity index (χ0v) is 10.2. The summed E-state index contributed by atoms with van der Waals surface area (Å²) in [7, 11) is 0. The third-order valence-corrected chi connectivity index (χ3v) is 2.88. The molecule has 0 radical (unpaired) electrons. The van der Waals surface area contributed by atoms with Crippen molar-refractivity contribution in [1.82, 2.24) is 5.32 Å². The number of rotatable bonds is 4. The third-order valence-electron chi connectivity index (χ3n) is 2.88. The van der Waals surface area contributed by atoms with Crippen molar-refractivity contribution >= 4 is 22.6 Å². The van der Waals surface area contributed by atoms with Crippen LogP contribution in [0.4, 0.5) is 0 Å². The first-order valence-corrected chi connectivity index (χ1v) is 5.82. The molecule has 0 heterocycles. The second-order valence-corrected chi connectivity index (χ2v) is 4.17. The molecule has 0 spiro atoms. The van der Waals surface area contributed by atoms with E-state index in [9.17, 15) is 9.59 Å². The molecule has 2 rings (SSSR count). The maximum absolute atomic E-state index is 11.5. The molecule has 0 saturated heterocycles. The molecule has 0 bridgehead atoms. The summed E-state index contributed by atoms with van der Waals surface area (Å²) in [6.07, 6.45) is 0. The molecular weight excluding hydrogens is 244 g/mol. The van der Waals surface area contributed by atoms with Gasteiger partial charge in [0.15, 0.2) is 6.04 Å². The summed E-state index contributed by atoms with van der Waals surface area (Å²) in [5.74, 6) is -2.03. The number of benzene rings is 2. The lowest BCUT2D eigenvalue weighted by atomic mass is 10.0. The van der Waals surface area contributed by atoms with E-state index in [1.54, 1.807) is 0 Å². The van der Waals surface area contributed by atoms with Crippen molar-refractivity contribution in [2.24, 2.45) is 5.73 Å².